The summed E-state index contributed by atoms with van der Waals surface area (Å²) in [5.74, 6) is 1.74. The zero-order valence-corrected chi connectivity index (χ0v) is 21.8. The second-order valence-corrected chi connectivity index (χ2v) is 9.75. The number of aromatic nitrogens is 5. The van der Waals surface area contributed by atoms with E-state index >= 15 is 0 Å². The van der Waals surface area contributed by atoms with Crippen molar-refractivity contribution in [2.24, 2.45) is 0 Å². The highest BCUT2D eigenvalue weighted by molar-refractivity contribution is 6.11. The number of para-hydroxylation sites is 2. The number of furan rings is 1. The minimum Gasteiger partial charge on any atom is -0.438 e. The normalized spacial score (nSPS) is 11.4. The smallest absolute Gasteiger partial charge is 0.228 e. The summed E-state index contributed by atoms with van der Waals surface area (Å²) >= 11 is 0. The minimum atomic E-state index is 0.523. The van der Waals surface area contributed by atoms with Crippen molar-refractivity contribution in [1.82, 2.24) is 24.9 Å². The van der Waals surface area contributed by atoms with Crippen LogP contribution in [0.5, 0.6) is 0 Å². The van der Waals surface area contributed by atoms with Gasteiger partial charge in [-0.25, -0.2) is 19.9 Å². The fourth-order valence-corrected chi connectivity index (χ4v) is 5.28. The van der Waals surface area contributed by atoms with Crippen LogP contribution in [0.15, 0.2) is 132 Å². The number of hydrogen-bond donors (Lipinski definition) is 0. The van der Waals surface area contributed by atoms with Crippen molar-refractivity contribution >= 4 is 33.0 Å². The Hall–Kier alpha value is -5.75. The van der Waals surface area contributed by atoms with E-state index in [-0.39, 0.29) is 0 Å². The fourth-order valence-electron chi connectivity index (χ4n) is 5.28. The monoisotopic (exact) mass is 527 g/mol. The maximum absolute atomic E-state index is 6.32. The summed E-state index contributed by atoms with van der Waals surface area (Å²) in [5.41, 5.74) is 6.43. The summed E-state index contributed by atoms with van der Waals surface area (Å²) in [6.07, 6.45) is 1.80. The lowest BCUT2D eigenvalue weighted by Crippen LogP contribution is -2.01. The van der Waals surface area contributed by atoms with Gasteiger partial charge in [-0.2, -0.15) is 0 Å². The van der Waals surface area contributed by atoms with Crippen LogP contribution in [0.1, 0.15) is 0 Å². The van der Waals surface area contributed by atoms with Gasteiger partial charge < -0.3 is 4.42 Å². The molecule has 41 heavy (non-hydrogen) atoms. The third-order valence-corrected chi connectivity index (χ3v) is 7.20. The summed E-state index contributed by atoms with van der Waals surface area (Å²) in [7, 11) is 0. The molecule has 0 saturated carbocycles. The van der Waals surface area contributed by atoms with Gasteiger partial charge in [0.25, 0.3) is 0 Å². The zero-order chi connectivity index (χ0) is 27.2. The lowest BCUT2D eigenvalue weighted by atomic mass is 10.0. The average molecular weight is 528 g/mol. The molecule has 6 heteroatoms. The number of benzene rings is 4. The van der Waals surface area contributed by atoms with Crippen LogP contribution in [-0.4, -0.2) is 24.9 Å². The van der Waals surface area contributed by atoms with Crippen molar-refractivity contribution in [2.75, 3.05) is 0 Å². The van der Waals surface area contributed by atoms with Gasteiger partial charge in [0.2, 0.25) is 5.71 Å². The molecule has 0 fully saturated rings. The Balaban J connectivity index is 1.46. The molecule has 0 spiro atoms. The van der Waals surface area contributed by atoms with Crippen LogP contribution in [-0.2, 0) is 0 Å². The molecule has 0 aliphatic heterocycles. The van der Waals surface area contributed by atoms with Crippen LogP contribution in [0.4, 0.5) is 0 Å². The Bertz CT molecular complexity index is 2150. The van der Waals surface area contributed by atoms with E-state index < -0.39 is 0 Å². The van der Waals surface area contributed by atoms with E-state index in [0.29, 0.717) is 23.2 Å². The number of rotatable bonds is 4. The molecule has 4 aromatic heterocycles. The molecule has 0 aliphatic rings. The van der Waals surface area contributed by atoms with Crippen molar-refractivity contribution in [3.8, 4) is 45.4 Å². The molecule has 6 nitrogen and oxygen atoms in total. The molecule has 0 radical (unpaired) electrons. The number of fused-ring (bicyclic) bond motifs is 4. The van der Waals surface area contributed by atoms with Gasteiger partial charge in [0, 0.05) is 39.2 Å². The summed E-state index contributed by atoms with van der Waals surface area (Å²) < 4.78 is 6.32. The predicted molar refractivity (Wildman–Crippen MR) is 162 cm³/mol. The first kappa shape index (κ1) is 23.2. The van der Waals surface area contributed by atoms with Crippen LogP contribution in [0.25, 0.3) is 78.4 Å². The summed E-state index contributed by atoms with van der Waals surface area (Å²) in [4.78, 5) is 24.6. The number of hydrogen-bond acceptors (Lipinski definition) is 6. The van der Waals surface area contributed by atoms with Gasteiger partial charge in [-0.15, -0.1) is 0 Å². The Kier molecular flexibility index (Phi) is 5.35. The molecule has 8 aromatic rings. The quantitative estimate of drug-likeness (QED) is 0.229. The zero-order valence-electron chi connectivity index (χ0n) is 21.8. The molecule has 8 rings (SSSR count). The molecule has 0 N–H and O–H groups in total. The first-order valence-electron chi connectivity index (χ1n) is 13.4. The second-order valence-electron chi connectivity index (χ2n) is 9.75. The van der Waals surface area contributed by atoms with Crippen molar-refractivity contribution in [3.63, 3.8) is 0 Å². The molecule has 0 bridgehead atoms. The third-order valence-electron chi connectivity index (χ3n) is 7.20. The highest BCUT2D eigenvalue weighted by atomic mass is 16.3. The Morgan fingerprint density at radius 1 is 0.512 bits per heavy atom. The molecule has 0 aliphatic carbocycles. The van der Waals surface area contributed by atoms with Gasteiger partial charge in [-0.05, 0) is 18.2 Å². The van der Waals surface area contributed by atoms with Gasteiger partial charge in [-0.3, -0.25) is 4.98 Å². The van der Waals surface area contributed by atoms with Gasteiger partial charge in [0.05, 0.1) is 16.6 Å². The first-order valence-corrected chi connectivity index (χ1v) is 13.4. The van der Waals surface area contributed by atoms with Crippen molar-refractivity contribution < 1.29 is 4.42 Å². The number of pyridine rings is 2. The van der Waals surface area contributed by atoms with E-state index in [9.17, 15) is 0 Å². The van der Waals surface area contributed by atoms with E-state index in [1.54, 1.807) is 6.20 Å². The fraction of sp³-hybridized carbons (Fsp3) is 0. The van der Waals surface area contributed by atoms with Gasteiger partial charge >= 0.3 is 0 Å². The van der Waals surface area contributed by atoms with Gasteiger partial charge in [0.1, 0.15) is 5.58 Å². The first-order chi connectivity index (χ1) is 20.3. The molecule has 0 atom stereocenters. The Morgan fingerprint density at radius 2 is 1.17 bits per heavy atom. The largest absolute Gasteiger partial charge is 0.438 e. The highest BCUT2D eigenvalue weighted by Crippen LogP contribution is 2.39. The van der Waals surface area contributed by atoms with E-state index in [0.717, 1.165) is 55.2 Å². The second kappa shape index (κ2) is 9.47. The molecular formula is C35H21N5O. The third kappa shape index (κ3) is 4.01. The molecule has 192 valence electrons. The molecule has 4 aromatic carbocycles. The van der Waals surface area contributed by atoms with Crippen LogP contribution >= 0.6 is 0 Å². The van der Waals surface area contributed by atoms with Crippen molar-refractivity contribution in [2.45, 2.75) is 0 Å². The highest BCUT2D eigenvalue weighted by Gasteiger charge is 2.21. The van der Waals surface area contributed by atoms with Crippen LogP contribution in [0.3, 0.4) is 0 Å². The van der Waals surface area contributed by atoms with E-state index in [2.05, 4.69) is 17.1 Å². The SMILES string of the molecule is c1ccc(-c2nc(-c3ccccc3)nc(-c3cc(-c4cccc5cccnc45)nc4oc5ccccc5c34)n2)cc1. The summed E-state index contributed by atoms with van der Waals surface area (Å²) in [5, 5.41) is 2.85. The molecular weight excluding hydrogens is 506 g/mol. The van der Waals surface area contributed by atoms with Crippen molar-refractivity contribution in [1.29, 1.82) is 0 Å². The predicted octanol–water partition coefficient (Wildman–Crippen LogP) is 8.38. The topological polar surface area (TPSA) is 77.6 Å². The standard InChI is InChI=1S/C35H21N5O/c1-3-11-23(12-4-1)32-38-33(24-13-5-2-6-14-24)40-34(39-32)27-21-28(25-18-9-15-22-16-10-20-36-31(22)25)37-35-30(27)26-17-7-8-19-29(26)41-35/h1-21H. The summed E-state index contributed by atoms with van der Waals surface area (Å²) in [6, 6.07) is 40.1. The lowest BCUT2D eigenvalue weighted by Gasteiger charge is -2.11. The average Bonchev–Trinajstić information content (AvgIpc) is 3.43. The number of nitrogens with zero attached hydrogens (tertiary/aromatic N) is 5. The van der Waals surface area contributed by atoms with E-state index in [1.807, 2.05) is 109 Å². The van der Waals surface area contributed by atoms with Crippen molar-refractivity contribution in [3.05, 3.63) is 128 Å². The van der Waals surface area contributed by atoms with E-state index in [1.165, 1.54) is 0 Å². The maximum Gasteiger partial charge on any atom is 0.228 e. The minimum absolute atomic E-state index is 0.523. The molecule has 0 unspecified atom stereocenters. The molecule has 4 heterocycles. The van der Waals surface area contributed by atoms with Crippen LogP contribution in [0.2, 0.25) is 0 Å². The Labute approximate surface area is 235 Å². The lowest BCUT2D eigenvalue weighted by molar-refractivity contribution is 0.655. The summed E-state index contributed by atoms with van der Waals surface area (Å²) in [6.45, 7) is 0. The molecule has 0 saturated heterocycles. The van der Waals surface area contributed by atoms with Gasteiger partial charge in [-0.1, -0.05) is 103 Å². The molecule has 0 amide bonds. The van der Waals surface area contributed by atoms with Crippen LogP contribution in [0, 0.1) is 0 Å². The van der Waals surface area contributed by atoms with Gasteiger partial charge in [0.15, 0.2) is 17.5 Å². The Morgan fingerprint density at radius 3 is 1.93 bits per heavy atom. The maximum atomic E-state index is 6.32. The van der Waals surface area contributed by atoms with E-state index in [4.69, 9.17) is 24.4 Å². The van der Waals surface area contributed by atoms with Crippen LogP contribution < -0.4 is 0 Å².